The van der Waals surface area contributed by atoms with Crippen LogP contribution < -0.4 is 5.73 Å². The Morgan fingerprint density at radius 1 is 1.24 bits per heavy atom. The van der Waals surface area contributed by atoms with Crippen molar-refractivity contribution in [3.8, 4) is 0 Å². The molecule has 2 aromatic heterocycles. The van der Waals surface area contributed by atoms with E-state index < -0.39 is 0 Å². The molecule has 0 aliphatic rings. The summed E-state index contributed by atoms with van der Waals surface area (Å²) in [5.74, 6) is 0. The predicted molar refractivity (Wildman–Crippen MR) is 86.2 cm³/mol. The monoisotopic (exact) mass is 282 g/mol. The van der Waals surface area contributed by atoms with Gasteiger partial charge in [0.1, 0.15) is 0 Å². The summed E-state index contributed by atoms with van der Waals surface area (Å²) in [6.07, 6.45) is 5.93. The fraction of sp³-hybridized carbons (Fsp3) is 0.353. The molecule has 3 aromatic rings. The van der Waals surface area contributed by atoms with Gasteiger partial charge >= 0.3 is 0 Å². The molecule has 0 saturated heterocycles. The Balaban J connectivity index is 1.79. The standard InChI is InChI=1S/C17H22N4/c1-13(18)11-14-3-4-17-15(12-14)6-9-21(17)10-7-16-5-8-19-20(16)2/h3-6,8-9,12-13H,7,10-11,18H2,1-2H3. The van der Waals surface area contributed by atoms with Crippen LogP contribution in [0.1, 0.15) is 18.2 Å². The first kappa shape index (κ1) is 13.9. The summed E-state index contributed by atoms with van der Waals surface area (Å²) in [6.45, 7) is 3.01. The molecule has 2 N–H and O–H groups in total. The lowest BCUT2D eigenvalue weighted by Crippen LogP contribution is -2.17. The highest BCUT2D eigenvalue weighted by Crippen LogP contribution is 2.19. The molecule has 0 aliphatic carbocycles. The molecule has 1 atom stereocenters. The first-order chi connectivity index (χ1) is 10.1. The van der Waals surface area contributed by atoms with E-state index in [2.05, 4.69) is 46.2 Å². The molecule has 0 saturated carbocycles. The molecule has 0 aliphatic heterocycles. The molecule has 0 fully saturated rings. The Labute approximate surface area is 125 Å². The minimum atomic E-state index is 0.203. The quantitative estimate of drug-likeness (QED) is 0.781. The van der Waals surface area contributed by atoms with Crippen molar-refractivity contribution in [1.29, 1.82) is 0 Å². The highest BCUT2D eigenvalue weighted by molar-refractivity contribution is 5.80. The Bertz CT molecular complexity index is 736. The molecule has 4 heteroatoms. The van der Waals surface area contributed by atoms with E-state index in [4.69, 9.17) is 5.73 Å². The van der Waals surface area contributed by atoms with E-state index in [1.165, 1.54) is 22.2 Å². The van der Waals surface area contributed by atoms with Gasteiger partial charge in [-0.05, 0) is 48.6 Å². The maximum absolute atomic E-state index is 5.88. The summed E-state index contributed by atoms with van der Waals surface area (Å²) in [5.41, 5.74) is 9.72. The molecule has 4 nitrogen and oxygen atoms in total. The van der Waals surface area contributed by atoms with Crippen LogP contribution >= 0.6 is 0 Å². The van der Waals surface area contributed by atoms with Gasteiger partial charge in [-0.3, -0.25) is 4.68 Å². The van der Waals surface area contributed by atoms with Gasteiger partial charge in [-0.15, -0.1) is 0 Å². The third kappa shape index (κ3) is 3.00. The number of aryl methyl sites for hydroxylation is 3. The SMILES string of the molecule is CC(N)Cc1ccc2c(ccn2CCc2ccnn2C)c1. The Morgan fingerprint density at radius 3 is 2.81 bits per heavy atom. The Kier molecular flexibility index (Phi) is 3.80. The van der Waals surface area contributed by atoms with Gasteiger partial charge in [0.25, 0.3) is 0 Å². The van der Waals surface area contributed by atoms with Crippen LogP contribution in [0.2, 0.25) is 0 Å². The van der Waals surface area contributed by atoms with E-state index in [1.54, 1.807) is 0 Å². The normalized spacial score (nSPS) is 12.9. The molecule has 2 heterocycles. The second-order valence-corrected chi connectivity index (χ2v) is 5.78. The minimum Gasteiger partial charge on any atom is -0.347 e. The number of fused-ring (bicyclic) bond motifs is 1. The van der Waals surface area contributed by atoms with Gasteiger partial charge < -0.3 is 10.3 Å². The van der Waals surface area contributed by atoms with Gasteiger partial charge in [0.15, 0.2) is 0 Å². The lowest BCUT2D eigenvalue weighted by Gasteiger charge is -2.08. The van der Waals surface area contributed by atoms with Gasteiger partial charge in [-0.2, -0.15) is 5.10 Å². The number of nitrogens with two attached hydrogens (primary N) is 1. The van der Waals surface area contributed by atoms with Crippen LogP contribution in [0.25, 0.3) is 10.9 Å². The maximum Gasteiger partial charge on any atom is 0.0492 e. The van der Waals surface area contributed by atoms with Gasteiger partial charge in [-0.1, -0.05) is 6.07 Å². The highest BCUT2D eigenvalue weighted by atomic mass is 15.3. The molecule has 1 unspecified atom stereocenters. The van der Waals surface area contributed by atoms with E-state index >= 15 is 0 Å². The van der Waals surface area contributed by atoms with Crippen molar-refractivity contribution in [3.63, 3.8) is 0 Å². The van der Waals surface area contributed by atoms with E-state index in [1.807, 2.05) is 24.9 Å². The van der Waals surface area contributed by atoms with Gasteiger partial charge in [-0.25, -0.2) is 0 Å². The molecule has 21 heavy (non-hydrogen) atoms. The number of benzene rings is 1. The summed E-state index contributed by atoms with van der Waals surface area (Å²) in [7, 11) is 1.99. The van der Waals surface area contributed by atoms with Crippen LogP contribution in [0.5, 0.6) is 0 Å². The largest absolute Gasteiger partial charge is 0.347 e. The molecule has 0 amide bonds. The summed E-state index contributed by atoms with van der Waals surface area (Å²) in [4.78, 5) is 0. The van der Waals surface area contributed by atoms with Gasteiger partial charge in [0, 0.05) is 49.7 Å². The Morgan fingerprint density at radius 2 is 2.10 bits per heavy atom. The van der Waals surface area contributed by atoms with E-state index in [0.29, 0.717) is 0 Å². The molecular weight excluding hydrogens is 260 g/mol. The summed E-state index contributed by atoms with van der Waals surface area (Å²) in [6, 6.07) is 11.1. The second-order valence-electron chi connectivity index (χ2n) is 5.78. The summed E-state index contributed by atoms with van der Waals surface area (Å²) < 4.78 is 4.24. The fourth-order valence-electron chi connectivity index (χ4n) is 2.82. The maximum atomic E-state index is 5.88. The van der Waals surface area contributed by atoms with E-state index in [-0.39, 0.29) is 6.04 Å². The van der Waals surface area contributed by atoms with Crippen LogP contribution in [0.15, 0.2) is 42.7 Å². The number of hydrogen-bond donors (Lipinski definition) is 1. The van der Waals surface area contributed by atoms with Crippen LogP contribution in [0, 0.1) is 0 Å². The first-order valence-corrected chi connectivity index (χ1v) is 7.44. The molecular formula is C17H22N4. The van der Waals surface area contributed by atoms with Crippen molar-refractivity contribution in [2.45, 2.75) is 32.4 Å². The van der Waals surface area contributed by atoms with E-state index in [9.17, 15) is 0 Å². The van der Waals surface area contributed by atoms with Crippen molar-refractivity contribution in [2.75, 3.05) is 0 Å². The zero-order chi connectivity index (χ0) is 14.8. The third-order valence-electron chi connectivity index (χ3n) is 3.92. The van der Waals surface area contributed by atoms with Gasteiger partial charge in [0.2, 0.25) is 0 Å². The lowest BCUT2D eigenvalue weighted by atomic mass is 10.1. The fourth-order valence-corrected chi connectivity index (χ4v) is 2.82. The average molecular weight is 282 g/mol. The van der Waals surface area contributed by atoms with Crippen LogP contribution in [0.3, 0.4) is 0 Å². The van der Waals surface area contributed by atoms with Crippen molar-refractivity contribution in [2.24, 2.45) is 12.8 Å². The summed E-state index contributed by atoms with van der Waals surface area (Å²) >= 11 is 0. The topological polar surface area (TPSA) is 48.8 Å². The molecule has 3 rings (SSSR count). The van der Waals surface area contributed by atoms with Crippen molar-refractivity contribution in [3.05, 3.63) is 54.0 Å². The number of aromatic nitrogens is 3. The first-order valence-electron chi connectivity index (χ1n) is 7.44. The second kappa shape index (κ2) is 5.74. The molecule has 0 bridgehead atoms. The van der Waals surface area contributed by atoms with Crippen LogP contribution in [-0.4, -0.2) is 20.4 Å². The van der Waals surface area contributed by atoms with Crippen molar-refractivity contribution in [1.82, 2.24) is 14.3 Å². The third-order valence-corrected chi connectivity index (χ3v) is 3.92. The number of rotatable bonds is 5. The molecule has 0 spiro atoms. The molecule has 1 aromatic carbocycles. The van der Waals surface area contributed by atoms with Crippen molar-refractivity contribution < 1.29 is 0 Å². The van der Waals surface area contributed by atoms with Gasteiger partial charge in [0.05, 0.1) is 0 Å². The zero-order valence-electron chi connectivity index (χ0n) is 12.7. The smallest absolute Gasteiger partial charge is 0.0492 e. The predicted octanol–water partition coefficient (Wildman–Crippen LogP) is 2.51. The number of hydrogen-bond acceptors (Lipinski definition) is 2. The molecule has 110 valence electrons. The van der Waals surface area contributed by atoms with Crippen LogP contribution in [0.4, 0.5) is 0 Å². The van der Waals surface area contributed by atoms with E-state index in [0.717, 1.165) is 19.4 Å². The van der Waals surface area contributed by atoms with Crippen molar-refractivity contribution >= 4 is 10.9 Å². The highest BCUT2D eigenvalue weighted by Gasteiger charge is 2.05. The minimum absolute atomic E-state index is 0.203. The lowest BCUT2D eigenvalue weighted by molar-refractivity contribution is 0.649. The molecule has 0 radical (unpaired) electrons. The summed E-state index contributed by atoms with van der Waals surface area (Å²) in [5, 5.41) is 5.50. The Hall–Kier alpha value is -2.07. The van der Waals surface area contributed by atoms with Crippen LogP contribution in [-0.2, 0) is 26.4 Å². The number of nitrogens with zero attached hydrogens (tertiary/aromatic N) is 3. The zero-order valence-corrected chi connectivity index (χ0v) is 12.7. The average Bonchev–Trinajstić information content (AvgIpc) is 3.02.